The Morgan fingerprint density at radius 3 is 2.57 bits per heavy atom. The first kappa shape index (κ1) is 16.0. The summed E-state index contributed by atoms with van der Waals surface area (Å²) in [6, 6.07) is 9.79. The van der Waals surface area contributed by atoms with E-state index in [4.69, 9.17) is 4.74 Å². The number of imide groups is 1. The molecule has 0 spiro atoms. The van der Waals surface area contributed by atoms with Crippen LogP contribution in [0.4, 0.5) is 4.79 Å². The quantitative estimate of drug-likeness (QED) is 0.849. The van der Waals surface area contributed by atoms with Crippen molar-refractivity contribution in [1.82, 2.24) is 4.90 Å². The maximum Gasteiger partial charge on any atom is 0.416 e. The summed E-state index contributed by atoms with van der Waals surface area (Å²) in [4.78, 5) is 26.0. The van der Waals surface area contributed by atoms with Gasteiger partial charge in [-0.3, -0.25) is 4.79 Å². The zero-order valence-corrected chi connectivity index (χ0v) is 13.7. The fraction of sp³-hybridized carbons (Fsp3) is 0.579. The molecule has 1 saturated heterocycles. The van der Waals surface area contributed by atoms with Crippen molar-refractivity contribution < 1.29 is 14.3 Å². The maximum absolute atomic E-state index is 12.6. The molecular weight excluding hydrogens is 290 g/mol. The molecule has 1 aromatic carbocycles. The van der Waals surface area contributed by atoms with Gasteiger partial charge >= 0.3 is 6.09 Å². The molecule has 23 heavy (non-hydrogen) atoms. The molecule has 4 heteroatoms. The SMILES string of the molecule is C[C@H]1CC[C@H](CC(=O)N2C(=O)OC[C@@H]2Cc2ccccc2)CC1. The van der Waals surface area contributed by atoms with Gasteiger partial charge in [0.25, 0.3) is 0 Å². The van der Waals surface area contributed by atoms with E-state index in [2.05, 4.69) is 6.92 Å². The van der Waals surface area contributed by atoms with Gasteiger partial charge in [-0.15, -0.1) is 0 Å². The van der Waals surface area contributed by atoms with E-state index in [0.29, 0.717) is 25.4 Å². The molecule has 0 N–H and O–H groups in total. The van der Waals surface area contributed by atoms with Crippen molar-refractivity contribution in [2.75, 3.05) is 6.61 Å². The van der Waals surface area contributed by atoms with Gasteiger partial charge in [-0.2, -0.15) is 0 Å². The monoisotopic (exact) mass is 315 g/mol. The van der Waals surface area contributed by atoms with Gasteiger partial charge in [0.05, 0.1) is 6.04 Å². The second-order valence-corrected chi connectivity index (χ2v) is 7.01. The van der Waals surface area contributed by atoms with Crippen LogP contribution < -0.4 is 0 Å². The molecule has 1 saturated carbocycles. The summed E-state index contributed by atoms with van der Waals surface area (Å²) in [6.45, 7) is 2.58. The van der Waals surface area contributed by atoms with E-state index in [1.807, 2.05) is 30.3 Å². The average molecular weight is 315 g/mol. The second-order valence-electron chi connectivity index (χ2n) is 7.01. The van der Waals surface area contributed by atoms with Crippen molar-refractivity contribution >= 4 is 12.0 Å². The summed E-state index contributed by atoms with van der Waals surface area (Å²) in [5.74, 6) is 1.13. The largest absolute Gasteiger partial charge is 0.447 e. The molecule has 0 bridgehead atoms. The fourth-order valence-electron chi connectivity index (χ4n) is 3.68. The number of rotatable bonds is 4. The van der Waals surface area contributed by atoms with Gasteiger partial charge in [-0.05, 0) is 36.7 Å². The number of hydrogen-bond acceptors (Lipinski definition) is 3. The van der Waals surface area contributed by atoms with Crippen LogP contribution in [0.3, 0.4) is 0 Å². The smallest absolute Gasteiger partial charge is 0.416 e. The third-order valence-corrected chi connectivity index (χ3v) is 5.14. The fourth-order valence-corrected chi connectivity index (χ4v) is 3.68. The van der Waals surface area contributed by atoms with Crippen molar-refractivity contribution in [3.05, 3.63) is 35.9 Å². The van der Waals surface area contributed by atoms with E-state index < -0.39 is 6.09 Å². The van der Waals surface area contributed by atoms with Gasteiger partial charge < -0.3 is 4.74 Å². The first-order valence-corrected chi connectivity index (χ1v) is 8.66. The van der Waals surface area contributed by atoms with Crippen LogP contribution in [0.25, 0.3) is 0 Å². The summed E-state index contributed by atoms with van der Waals surface area (Å²) in [5.41, 5.74) is 1.13. The number of nitrogens with zero attached hydrogens (tertiary/aromatic N) is 1. The summed E-state index contributed by atoms with van der Waals surface area (Å²) >= 11 is 0. The molecule has 1 aliphatic heterocycles. The zero-order chi connectivity index (χ0) is 16.2. The highest BCUT2D eigenvalue weighted by Gasteiger charge is 2.38. The van der Waals surface area contributed by atoms with E-state index in [1.54, 1.807) is 0 Å². The molecule has 1 aromatic rings. The van der Waals surface area contributed by atoms with Crippen LogP contribution >= 0.6 is 0 Å². The third kappa shape index (κ3) is 3.92. The highest BCUT2D eigenvalue weighted by Crippen LogP contribution is 2.31. The molecule has 2 fully saturated rings. The average Bonchev–Trinajstić information content (AvgIpc) is 2.91. The first-order valence-electron chi connectivity index (χ1n) is 8.66. The molecule has 0 radical (unpaired) electrons. The summed E-state index contributed by atoms with van der Waals surface area (Å²) in [5, 5.41) is 0. The summed E-state index contributed by atoms with van der Waals surface area (Å²) in [7, 11) is 0. The Hall–Kier alpha value is -1.84. The number of carbonyl (C=O) groups is 2. The zero-order valence-electron chi connectivity index (χ0n) is 13.7. The van der Waals surface area contributed by atoms with Crippen molar-refractivity contribution in [2.45, 2.75) is 51.5 Å². The van der Waals surface area contributed by atoms with Gasteiger partial charge in [0, 0.05) is 6.42 Å². The van der Waals surface area contributed by atoms with Gasteiger partial charge in [-0.25, -0.2) is 9.69 Å². The molecule has 124 valence electrons. The van der Waals surface area contributed by atoms with Gasteiger partial charge in [0.15, 0.2) is 0 Å². The first-order chi connectivity index (χ1) is 11.1. The molecule has 2 amide bonds. The van der Waals surface area contributed by atoms with Crippen LogP contribution in [0.15, 0.2) is 30.3 Å². The molecular formula is C19H25NO3. The summed E-state index contributed by atoms with van der Waals surface area (Å²) in [6.07, 6.45) is 5.25. The Labute approximate surface area is 137 Å². The number of benzene rings is 1. The lowest BCUT2D eigenvalue weighted by Gasteiger charge is -2.27. The minimum absolute atomic E-state index is 0.0621. The van der Waals surface area contributed by atoms with Crippen LogP contribution in [0.2, 0.25) is 0 Å². The normalized spacial score (nSPS) is 27.8. The molecule has 3 rings (SSSR count). The number of hydrogen-bond donors (Lipinski definition) is 0. The lowest BCUT2D eigenvalue weighted by atomic mass is 9.81. The van der Waals surface area contributed by atoms with Crippen molar-refractivity contribution in [2.24, 2.45) is 11.8 Å². The molecule has 4 nitrogen and oxygen atoms in total. The molecule has 1 atom stereocenters. The van der Waals surface area contributed by atoms with Crippen LogP contribution in [0.1, 0.15) is 44.6 Å². The van der Waals surface area contributed by atoms with Crippen LogP contribution in [0, 0.1) is 11.8 Å². The number of ether oxygens (including phenoxy) is 1. The Kier molecular flexibility index (Phi) is 4.99. The molecule has 1 aliphatic carbocycles. The van der Waals surface area contributed by atoms with Gasteiger partial charge in [-0.1, -0.05) is 50.1 Å². The van der Waals surface area contributed by atoms with Crippen molar-refractivity contribution in [1.29, 1.82) is 0 Å². The lowest BCUT2D eigenvalue weighted by Crippen LogP contribution is -2.41. The third-order valence-electron chi connectivity index (χ3n) is 5.14. The van der Waals surface area contributed by atoms with E-state index in [9.17, 15) is 9.59 Å². The van der Waals surface area contributed by atoms with Crippen LogP contribution in [-0.2, 0) is 16.0 Å². The van der Waals surface area contributed by atoms with Gasteiger partial charge in [0.1, 0.15) is 6.61 Å². The number of carbonyl (C=O) groups excluding carboxylic acids is 2. The Morgan fingerprint density at radius 1 is 1.17 bits per heavy atom. The van der Waals surface area contributed by atoms with E-state index in [-0.39, 0.29) is 11.9 Å². The van der Waals surface area contributed by atoms with Gasteiger partial charge in [0.2, 0.25) is 5.91 Å². The topological polar surface area (TPSA) is 46.6 Å². The molecule has 0 unspecified atom stereocenters. The Balaban J connectivity index is 1.61. The number of amides is 2. The van der Waals surface area contributed by atoms with E-state index >= 15 is 0 Å². The maximum atomic E-state index is 12.6. The Morgan fingerprint density at radius 2 is 1.87 bits per heavy atom. The second kappa shape index (κ2) is 7.16. The van der Waals surface area contributed by atoms with Crippen molar-refractivity contribution in [3.8, 4) is 0 Å². The van der Waals surface area contributed by atoms with E-state index in [1.165, 1.54) is 17.7 Å². The molecule has 0 aromatic heterocycles. The number of cyclic esters (lactones) is 1. The molecule has 1 heterocycles. The molecule has 2 aliphatic rings. The van der Waals surface area contributed by atoms with Crippen molar-refractivity contribution in [3.63, 3.8) is 0 Å². The van der Waals surface area contributed by atoms with Crippen LogP contribution in [0.5, 0.6) is 0 Å². The predicted molar refractivity (Wildman–Crippen MR) is 87.9 cm³/mol. The minimum atomic E-state index is -0.472. The van der Waals surface area contributed by atoms with E-state index in [0.717, 1.165) is 24.3 Å². The van der Waals surface area contributed by atoms with Crippen LogP contribution in [-0.4, -0.2) is 29.5 Å². The predicted octanol–water partition coefficient (Wildman–Crippen LogP) is 3.79. The highest BCUT2D eigenvalue weighted by molar-refractivity contribution is 5.93. The highest BCUT2D eigenvalue weighted by atomic mass is 16.6. The minimum Gasteiger partial charge on any atom is -0.447 e. The Bertz CT molecular complexity index is 549. The summed E-state index contributed by atoms with van der Waals surface area (Å²) < 4.78 is 5.14. The lowest BCUT2D eigenvalue weighted by molar-refractivity contribution is -0.130. The standard InChI is InChI=1S/C19H25NO3/c1-14-7-9-16(10-8-14)12-18(21)20-17(13-23-19(20)22)11-15-5-3-2-4-6-15/h2-6,14,16-17H,7-13H2,1H3/t14-,16-,17-/m0/s1.